The van der Waals surface area contributed by atoms with Gasteiger partial charge in [0.1, 0.15) is 0 Å². The SMILES string of the molecule is COc1ccc([C@@H]2CCCN2C(=O)C2[C@H]3CCCC[C@@H]23)cc1OC. The zero-order valence-electron chi connectivity index (χ0n) is 14.7. The van der Waals surface area contributed by atoms with Gasteiger partial charge in [0.25, 0.3) is 0 Å². The summed E-state index contributed by atoms with van der Waals surface area (Å²) in [4.78, 5) is 15.2. The van der Waals surface area contributed by atoms with Gasteiger partial charge in [0, 0.05) is 12.5 Å². The molecule has 4 rings (SSSR count). The Labute approximate surface area is 144 Å². The van der Waals surface area contributed by atoms with Gasteiger partial charge < -0.3 is 14.4 Å². The zero-order valence-corrected chi connectivity index (χ0v) is 14.7. The minimum Gasteiger partial charge on any atom is -0.493 e. The first-order chi connectivity index (χ1) is 11.7. The van der Waals surface area contributed by atoms with Crippen molar-refractivity contribution >= 4 is 5.91 Å². The topological polar surface area (TPSA) is 38.8 Å². The summed E-state index contributed by atoms with van der Waals surface area (Å²) in [5.74, 6) is 3.56. The van der Waals surface area contributed by atoms with Crippen LogP contribution in [-0.2, 0) is 4.79 Å². The fourth-order valence-electron chi connectivity index (χ4n) is 4.99. The van der Waals surface area contributed by atoms with Crippen molar-refractivity contribution in [1.29, 1.82) is 0 Å². The number of nitrogens with zero attached hydrogens (tertiary/aromatic N) is 1. The minimum absolute atomic E-state index is 0.194. The Balaban J connectivity index is 1.54. The van der Waals surface area contributed by atoms with E-state index in [4.69, 9.17) is 9.47 Å². The number of hydrogen-bond donors (Lipinski definition) is 0. The van der Waals surface area contributed by atoms with Crippen molar-refractivity contribution in [3.63, 3.8) is 0 Å². The highest BCUT2D eigenvalue weighted by Crippen LogP contribution is 2.57. The van der Waals surface area contributed by atoms with E-state index in [-0.39, 0.29) is 6.04 Å². The summed E-state index contributed by atoms with van der Waals surface area (Å²) >= 11 is 0. The van der Waals surface area contributed by atoms with Crippen molar-refractivity contribution in [2.75, 3.05) is 20.8 Å². The summed E-state index contributed by atoms with van der Waals surface area (Å²) in [6.45, 7) is 0.897. The molecule has 2 saturated carbocycles. The molecule has 4 atom stereocenters. The monoisotopic (exact) mass is 329 g/mol. The predicted octanol–water partition coefficient (Wildman–Crippen LogP) is 3.80. The number of hydrogen-bond acceptors (Lipinski definition) is 3. The lowest BCUT2D eigenvalue weighted by Gasteiger charge is -2.26. The number of benzene rings is 1. The molecular formula is C20H27NO3. The van der Waals surface area contributed by atoms with Gasteiger partial charge in [-0.1, -0.05) is 18.9 Å². The standard InChI is InChI=1S/C20H27NO3/c1-23-17-10-9-13(12-18(17)24-2)16-8-5-11-21(16)20(22)19-14-6-3-4-7-15(14)19/h9-10,12,14-16,19H,3-8,11H2,1-2H3/t14-,15+,16-,19?/m0/s1. The molecule has 1 amide bonds. The summed E-state index contributed by atoms with van der Waals surface area (Å²) in [5, 5.41) is 0. The number of fused-ring (bicyclic) bond motifs is 1. The molecule has 1 heterocycles. The van der Waals surface area contributed by atoms with Crippen LogP contribution in [0.15, 0.2) is 18.2 Å². The van der Waals surface area contributed by atoms with Crippen LogP contribution >= 0.6 is 0 Å². The van der Waals surface area contributed by atoms with Crippen LogP contribution in [0.25, 0.3) is 0 Å². The van der Waals surface area contributed by atoms with Gasteiger partial charge in [-0.25, -0.2) is 0 Å². The molecule has 1 saturated heterocycles. The first-order valence-corrected chi connectivity index (χ1v) is 9.27. The van der Waals surface area contributed by atoms with Crippen molar-refractivity contribution < 1.29 is 14.3 Å². The van der Waals surface area contributed by atoms with Gasteiger partial charge in [0.15, 0.2) is 11.5 Å². The average molecular weight is 329 g/mol. The third kappa shape index (κ3) is 2.56. The number of methoxy groups -OCH3 is 2. The fourth-order valence-corrected chi connectivity index (χ4v) is 4.99. The summed E-state index contributed by atoms with van der Waals surface area (Å²) in [5.41, 5.74) is 1.17. The predicted molar refractivity (Wildman–Crippen MR) is 92.2 cm³/mol. The molecule has 4 heteroatoms. The maximum atomic E-state index is 13.1. The third-order valence-corrected chi connectivity index (χ3v) is 6.27. The third-order valence-electron chi connectivity index (χ3n) is 6.27. The summed E-state index contributed by atoms with van der Waals surface area (Å²) in [7, 11) is 3.31. The Bertz CT molecular complexity index is 617. The second-order valence-corrected chi connectivity index (χ2v) is 7.44. The van der Waals surface area contributed by atoms with E-state index in [1.165, 1.54) is 31.2 Å². The average Bonchev–Trinajstić information content (AvgIpc) is 3.15. The first-order valence-electron chi connectivity index (χ1n) is 9.27. The molecule has 1 aliphatic heterocycles. The van der Waals surface area contributed by atoms with Gasteiger partial charge in [0.05, 0.1) is 20.3 Å². The maximum Gasteiger partial charge on any atom is 0.226 e. The number of carbonyl (C=O) groups is 1. The van der Waals surface area contributed by atoms with Gasteiger partial charge >= 0.3 is 0 Å². The van der Waals surface area contributed by atoms with Crippen LogP contribution < -0.4 is 9.47 Å². The molecular weight excluding hydrogens is 302 g/mol. The van der Waals surface area contributed by atoms with Crippen LogP contribution in [0.4, 0.5) is 0 Å². The molecule has 4 nitrogen and oxygen atoms in total. The van der Waals surface area contributed by atoms with Gasteiger partial charge in [-0.05, 0) is 55.2 Å². The Kier molecular flexibility index (Phi) is 4.15. The molecule has 1 unspecified atom stereocenters. The quantitative estimate of drug-likeness (QED) is 0.843. The molecule has 0 aromatic heterocycles. The van der Waals surface area contributed by atoms with Gasteiger partial charge in [-0.15, -0.1) is 0 Å². The minimum atomic E-state index is 0.194. The Morgan fingerprint density at radius 2 is 1.71 bits per heavy atom. The van der Waals surface area contributed by atoms with Crippen LogP contribution in [0.3, 0.4) is 0 Å². The highest BCUT2D eigenvalue weighted by atomic mass is 16.5. The smallest absolute Gasteiger partial charge is 0.226 e. The molecule has 130 valence electrons. The molecule has 1 aromatic carbocycles. The van der Waals surface area contributed by atoms with Crippen molar-refractivity contribution in [3.05, 3.63) is 23.8 Å². The number of likely N-dealkylation sites (tertiary alicyclic amines) is 1. The lowest BCUT2D eigenvalue weighted by Crippen LogP contribution is -2.32. The summed E-state index contributed by atoms with van der Waals surface area (Å²) in [6.07, 6.45) is 7.27. The van der Waals surface area contributed by atoms with Gasteiger partial charge in [-0.3, -0.25) is 4.79 Å². The molecule has 3 aliphatic rings. The lowest BCUT2D eigenvalue weighted by molar-refractivity contribution is -0.134. The van der Waals surface area contributed by atoms with Crippen molar-refractivity contribution in [3.8, 4) is 11.5 Å². The van der Waals surface area contributed by atoms with Crippen LogP contribution in [-0.4, -0.2) is 31.6 Å². The molecule has 0 radical (unpaired) electrons. The van der Waals surface area contributed by atoms with Crippen molar-refractivity contribution in [2.45, 2.75) is 44.6 Å². The van der Waals surface area contributed by atoms with Gasteiger partial charge in [-0.2, -0.15) is 0 Å². The van der Waals surface area contributed by atoms with E-state index in [0.717, 1.165) is 30.9 Å². The molecule has 3 fully saturated rings. The van der Waals surface area contributed by atoms with Crippen molar-refractivity contribution in [2.24, 2.45) is 17.8 Å². The first kappa shape index (κ1) is 15.8. The van der Waals surface area contributed by atoms with E-state index in [0.29, 0.717) is 23.7 Å². The summed E-state index contributed by atoms with van der Waals surface area (Å²) < 4.78 is 10.8. The van der Waals surface area contributed by atoms with Gasteiger partial charge in [0.2, 0.25) is 5.91 Å². The van der Waals surface area contributed by atoms with Crippen LogP contribution in [0, 0.1) is 17.8 Å². The van der Waals surface area contributed by atoms with Crippen LogP contribution in [0.5, 0.6) is 11.5 Å². The van der Waals surface area contributed by atoms with E-state index in [1.54, 1.807) is 14.2 Å². The fraction of sp³-hybridized carbons (Fsp3) is 0.650. The molecule has 0 N–H and O–H groups in total. The second-order valence-electron chi connectivity index (χ2n) is 7.44. The highest BCUT2D eigenvalue weighted by Gasteiger charge is 2.56. The number of carbonyl (C=O) groups excluding carboxylic acids is 1. The normalized spacial score (nSPS) is 31.5. The van der Waals surface area contributed by atoms with E-state index in [2.05, 4.69) is 11.0 Å². The van der Waals surface area contributed by atoms with Crippen LogP contribution in [0.2, 0.25) is 0 Å². The zero-order chi connectivity index (χ0) is 16.7. The largest absolute Gasteiger partial charge is 0.493 e. The number of rotatable bonds is 4. The number of amides is 1. The maximum absolute atomic E-state index is 13.1. The highest BCUT2D eigenvalue weighted by molar-refractivity contribution is 5.83. The second kappa shape index (κ2) is 6.30. The van der Waals surface area contributed by atoms with E-state index in [1.807, 2.05) is 12.1 Å². The lowest BCUT2D eigenvalue weighted by atomic mass is 10.0. The molecule has 24 heavy (non-hydrogen) atoms. The van der Waals surface area contributed by atoms with E-state index >= 15 is 0 Å². The Morgan fingerprint density at radius 3 is 2.38 bits per heavy atom. The Morgan fingerprint density at radius 1 is 1.00 bits per heavy atom. The molecule has 1 aromatic rings. The van der Waals surface area contributed by atoms with E-state index < -0.39 is 0 Å². The molecule has 0 spiro atoms. The summed E-state index contributed by atoms with van der Waals surface area (Å²) in [6, 6.07) is 6.26. The van der Waals surface area contributed by atoms with Crippen LogP contribution in [0.1, 0.15) is 50.1 Å². The number of ether oxygens (including phenoxy) is 2. The molecule has 2 aliphatic carbocycles. The Hall–Kier alpha value is -1.71. The molecule has 0 bridgehead atoms. The van der Waals surface area contributed by atoms with E-state index in [9.17, 15) is 4.79 Å². The van der Waals surface area contributed by atoms with Crippen molar-refractivity contribution in [1.82, 2.24) is 4.90 Å².